The number of carbonyl (C=O) groups excluding carboxylic acids is 1. The summed E-state index contributed by atoms with van der Waals surface area (Å²) in [5, 5.41) is 0. The summed E-state index contributed by atoms with van der Waals surface area (Å²) < 4.78 is 16.8. The summed E-state index contributed by atoms with van der Waals surface area (Å²) in [6.45, 7) is 2.19. The molecule has 0 bridgehead atoms. The highest BCUT2D eigenvalue weighted by Crippen LogP contribution is 2.52. The maximum absolute atomic E-state index is 11.9. The van der Waals surface area contributed by atoms with Gasteiger partial charge in [0.2, 0.25) is 0 Å². The SMILES string of the molecule is CCCCCCCCP1(=O)CCC(=O)O1. The highest BCUT2D eigenvalue weighted by atomic mass is 31.2. The van der Waals surface area contributed by atoms with Crippen LogP contribution in [0.25, 0.3) is 0 Å². The molecule has 0 radical (unpaired) electrons. The highest BCUT2D eigenvalue weighted by molar-refractivity contribution is 7.60. The molecule has 0 spiro atoms. The van der Waals surface area contributed by atoms with Crippen molar-refractivity contribution in [1.29, 1.82) is 0 Å². The van der Waals surface area contributed by atoms with E-state index in [1.54, 1.807) is 0 Å². The van der Waals surface area contributed by atoms with Crippen LogP contribution in [0.3, 0.4) is 0 Å². The molecule has 1 aliphatic heterocycles. The molecule has 1 fully saturated rings. The van der Waals surface area contributed by atoms with E-state index in [4.69, 9.17) is 4.52 Å². The fourth-order valence-corrected chi connectivity index (χ4v) is 3.93. The summed E-state index contributed by atoms with van der Waals surface area (Å²) in [4.78, 5) is 10.8. The quantitative estimate of drug-likeness (QED) is 0.497. The van der Waals surface area contributed by atoms with Crippen molar-refractivity contribution in [3.63, 3.8) is 0 Å². The third-order valence-electron chi connectivity index (χ3n) is 2.78. The Hall–Kier alpha value is -0.300. The number of carbonyl (C=O) groups is 1. The van der Waals surface area contributed by atoms with E-state index >= 15 is 0 Å². The molecule has 0 amide bonds. The fourth-order valence-electron chi connectivity index (χ4n) is 1.83. The second-order valence-corrected chi connectivity index (χ2v) is 6.95. The van der Waals surface area contributed by atoms with Crippen LogP contribution in [0.1, 0.15) is 51.9 Å². The molecule has 3 nitrogen and oxygen atoms in total. The van der Waals surface area contributed by atoms with Gasteiger partial charge in [-0.1, -0.05) is 39.0 Å². The zero-order valence-electron chi connectivity index (χ0n) is 9.54. The normalized spacial score (nSPS) is 25.5. The lowest BCUT2D eigenvalue weighted by Gasteiger charge is -2.09. The zero-order chi connectivity index (χ0) is 11.1. The maximum atomic E-state index is 11.9. The van der Waals surface area contributed by atoms with Crippen LogP contribution in [0.15, 0.2) is 0 Å². The van der Waals surface area contributed by atoms with Crippen LogP contribution >= 0.6 is 7.37 Å². The van der Waals surface area contributed by atoms with Crippen LogP contribution in [-0.2, 0) is 13.9 Å². The van der Waals surface area contributed by atoms with Gasteiger partial charge in [-0.2, -0.15) is 0 Å². The van der Waals surface area contributed by atoms with Crippen molar-refractivity contribution in [2.24, 2.45) is 0 Å². The Balaban J connectivity index is 2.05. The topological polar surface area (TPSA) is 43.4 Å². The average molecular weight is 232 g/mol. The van der Waals surface area contributed by atoms with Gasteiger partial charge in [-0.05, 0) is 6.42 Å². The van der Waals surface area contributed by atoms with E-state index in [0.717, 1.165) is 12.8 Å². The van der Waals surface area contributed by atoms with Crippen molar-refractivity contribution in [1.82, 2.24) is 0 Å². The number of rotatable bonds is 7. The smallest absolute Gasteiger partial charge is 0.311 e. The van der Waals surface area contributed by atoms with Gasteiger partial charge in [0.25, 0.3) is 7.37 Å². The number of hydrogen-bond donors (Lipinski definition) is 0. The van der Waals surface area contributed by atoms with Gasteiger partial charge in [-0.3, -0.25) is 9.36 Å². The molecule has 1 saturated heterocycles. The van der Waals surface area contributed by atoms with E-state index < -0.39 is 7.37 Å². The van der Waals surface area contributed by atoms with Gasteiger partial charge in [0, 0.05) is 12.3 Å². The van der Waals surface area contributed by atoms with Crippen molar-refractivity contribution in [2.75, 3.05) is 12.3 Å². The molecule has 0 aromatic carbocycles. The van der Waals surface area contributed by atoms with Crippen LogP contribution in [0.2, 0.25) is 0 Å². The van der Waals surface area contributed by atoms with Crippen LogP contribution in [0, 0.1) is 0 Å². The third-order valence-corrected chi connectivity index (χ3v) is 5.22. The average Bonchev–Trinajstić information content (AvgIpc) is 2.53. The Morgan fingerprint density at radius 3 is 2.47 bits per heavy atom. The number of hydrogen-bond acceptors (Lipinski definition) is 3. The lowest BCUT2D eigenvalue weighted by Crippen LogP contribution is -1.93. The van der Waals surface area contributed by atoms with E-state index in [2.05, 4.69) is 6.92 Å². The van der Waals surface area contributed by atoms with Gasteiger partial charge < -0.3 is 4.52 Å². The standard InChI is InChI=1S/C11H21O3P/c1-2-3-4-5-6-7-9-15(13)10-8-11(12)14-15/h2-10H2,1H3. The highest BCUT2D eigenvalue weighted by Gasteiger charge is 2.33. The van der Waals surface area contributed by atoms with E-state index in [0.29, 0.717) is 18.7 Å². The monoisotopic (exact) mass is 232 g/mol. The zero-order valence-corrected chi connectivity index (χ0v) is 10.4. The fraction of sp³-hybridized carbons (Fsp3) is 0.909. The van der Waals surface area contributed by atoms with E-state index in [1.165, 1.54) is 25.7 Å². The Labute approximate surface area is 92.0 Å². The minimum Gasteiger partial charge on any atom is -0.412 e. The summed E-state index contributed by atoms with van der Waals surface area (Å²) in [5.41, 5.74) is 0. The van der Waals surface area contributed by atoms with Crippen molar-refractivity contribution in [3.05, 3.63) is 0 Å². The predicted octanol–water partition coefficient (Wildman–Crippen LogP) is 3.57. The minimum absolute atomic E-state index is 0.274. The first-order valence-electron chi connectivity index (χ1n) is 5.97. The van der Waals surface area contributed by atoms with Crippen molar-refractivity contribution >= 4 is 13.3 Å². The van der Waals surface area contributed by atoms with E-state index in [-0.39, 0.29) is 5.97 Å². The summed E-state index contributed by atoms with van der Waals surface area (Å²) in [6.07, 6.45) is 8.49. The first-order valence-corrected chi connectivity index (χ1v) is 7.96. The Bertz CT molecular complexity index is 250. The largest absolute Gasteiger partial charge is 0.412 e. The molecular weight excluding hydrogens is 211 g/mol. The Morgan fingerprint density at radius 1 is 1.20 bits per heavy atom. The molecule has 1 aliphatic rings. The molecule has 4 heteroatoms. The molecular formula is C11H21O3P. The van der Waals surface area contributed by atoms with E-state index in [9.17, 15) is 9.36 Å². The van der Waals surface area contributed by atoms with Crippen molar-refractivity contribution in [2.45, 2.75) is 51.9 Å². The van der Waals surface area contributed by atoms with Crippen LogP contribution in [-0.4, -0.2) is 18.3 Å². The lowest BCUT2D eigenvalue weighted by atomic mass is 10.1. The molecule has 0 aliphatic carbocycles. The molecule has 88 valence electrons. The van der Waals surface area contributed by atoms with Crippen molar-refractivity contribution in [3.8, 4) is 0 Å². The summed E-state index contributed by atoms with van der Waals surface area (Å²) in [6, 6.07) is 0. The van der Waals surface area contributed by atoms with Gasteiger partial charge in [-0.15, -0.1) is 0 Å². The van der Waals surface area contributed by atoms with Gasteiger partial charge in [0.05, 0.1) is 6.42 Å². The van der Waals surface area contributed by atoms with Gasteiger partial charge in [-0.25, -0.2) is 0 Å². The molecule has 1 unspecified atom stereocenters. The van der Waals surface area contributed by atoms with Crippen LogP contribution in [0.5, 0.6) is 0 Å². The van der Waals surface area contributed by atoms with Crippen molar-refractivity contribution < 1.29 is 13.9 Å². The Morgan fingerprint density at radius 2 is 1.87 bits per heavy atom. The molecule has 0 aromatic rings. The second kappa shape index (κ2) is 6.32. The molecule has 1 heterocycles. The first-order chi connectivity index (χ1) is 7.16. The third kappa shape index (κ3) is 4.83. The lowest BCUT2D eigenvalue weighted by molar-refractivity contribution is -0.132. The molecule has 1 rings (SSSR count). The second-order valence-electron chi connectivity index (χ2n) is 4.24. The maximum Gasteiger partial charge on any atom is 0.311 e. The number of unbranched alkanes of at least 4 members (excludes halogenated alkanes) is 5. The summed E-state index contributed by atoms with van der Waals surface area (Å²) in [7, 11) is -2.53. The van der Waals surface area contributed by atoms with E-state index in [1.807, 2.05) is 0 Å². The van der Waals surface area contributed by atoms with Gasteiger partial charge >= 0.3 is 5.97 Å². The molecule has 0 N–H and O–H groups in total. The van der Waals surface area contributed by atoms with Gasteiger partial charge in [0.15, 0.2) is 0 Å². The molecule has 0 aromatic heterocycles. The molecule has 15 heavy (non-hydrogen) atoms. The first kappa shape index (κ1) is 12.8. The van der Waals surface area contributed by atoms with Crippen LogP contribution < -0.4 is 0 Å². The van der Waals surface area contributed by atoms with Gasteiger partial charge in [0.1, 0.15) is 0 Å². The van der Waals surface area contributed by atoms with Crippen LogP contribution in [0.4, 0.5) is 0 Å². The summed E-state index contributed by atoms with van der Waals surface area (Å²) >= 11 is 0. The Kier molecular flexibility index (Phi) is 5.38. The summed E-state index contributed by atoms with van der Waals surface area (Å²) in [5.74, 6) is -0.274. The molecule has 1 atom stereocenters. The molecule has 0 saturated carbocycles. The predicted molar refractivity (Wildman–Crippen MR) is 61.4 cm³/mol. The minimum atomic E-state index is -2.53.